The van der Waals surface area contributed by atoms with Crippen molar-refractivity contribution in [2.75, 3.05) is 30.0 Å². The van der Waals surface area contributed by atoms with Gasteiger partial charge in [0.25, 0.3) is 0 Å². The van der Waals surface area contributed by atoms with E-state index >= 15 is 0 Å². The minimum Gasteiger partial charge on any atom is -0.382 e. The Kier molecular flexibility index (Phi) is 5.16. The first-order valence-electron chi connectivity index (χ1n) is 8.80. The van der Waals surface area contributed by atoms with E-state index in [4.69, 9.17) is 16.0 Å². The molecule has 0 amide bonds. The molecule has 144 valence electrons. The van der Waals surface area contributed by atoms with Gasteiger partial charge in [-0.2, -0.15) is 5.26 Å². The molecule has 0 aliphatic carbocycles. The van der Waals surface area contributed by atoms with Crippen LogP contribution in [-0.2, 0) is 0 Å². The van der Waals surface area contributed by atoms with Crippen molar-refractivity contribution in [3.63, 3.8) is 0 Å². The summed E-state index contributed by atoms with van der Waals surface area (Å²) in [6.07, 6.45) is 0. The summed E-state index contributed by atoms with van der Waals surface area (Å²) in [5, 5.41) is 15.8. The third-order valence-electron chi connectivity index (χ3n) is 4.30. The van der Waals surface area contributed by atoms with Crippen LogP contribution in [-0.4, -0.2) is 24.1 Å². The van der Waals surface area contributed by atoms with Gasteiger partial charge in [-0.15, -0.1) is 11.3 Å². The number of aromatic nitrogens is 2. The molecular weight excluding hydrogens is 400 g/mol. The van der Waals surface area contributed by atoms with E-state index in [-0.39, 0.29) is 0 Å². The molecule has 4 rings (SSSR count). The predicted octanol–water partition coefficient (Wildman–Crippen LogP) is 5.20. The second-order valence-electron chi connectivity index (χ2n) is 6.53. The fraction of sp³-hybridized carbons (Fsp3) is 0.0952. The lowest BCUT2D eigenvalue weighted by Crippen LogP contribution is -2.08. The van der Waals surface area contributed by atoms with Gasteiger partial charge in [0.05, 0.1) is 17.3 Å². The van der Waals surface area contributed by atoms with Crippen LogP contribution in [0.1, 0.15) is 5.56 Å². The standard InChI is InChI=1S/C21H18N6S2/c1-27(2)16-9-7-15(8-10-16)24-21-26-19(23)18(29-21)20-25-17(12-28-20)14-5-3-13(11-22)4-6-14/h3-10,12H,23H2,1-2H3,(H,24,26). The van der Waals surface area contributed by atoms with Crippen LogP contribution < -0.4 is 16.0 Å². The van der Waals surface area contributed by atoms with Crippen LogP contribution in [0, 0.1) is 11.3 Å². The Hall–Kier alpha value is -3.41. The van der Waals surface area contributed by atoms with Crippen molar-refractivity contribution in [2.24, 2.45) is 0 Å². The Morgan fingerprint density at radius 2 is 1.76 bits per heavy atom. The Balaban J connectivity index is 1.55. The van der Waals surface area contributed by atoms with Gasteiger partial charge in [0.15, 0.2) is 5.13 Å². The van der Waals surface area contributed by atoms with Crippen LogP contribution >= 0.6 is 22.7 Å². The molecule has 0 aliphatic heterocycles. The zero-order valence-electron chi connectivity index (χ0n) is 15.9. The van der Waals surface area contributed by atoms with Gasteiger partial charge in [-0.05, 0) is 36.4 Å². The SMILES string of the molecule is CN(C)c1ccc(Nc2nc(N)c(-c3nc(-c4ccc(C#N)cc4)cs3)s2)cc1. The molecule has 2 heterocycles. The fourth-order valence-corrected chi connectivity index (χ4v) is 4.56. The molecule has 2 aromatic heterocycles. The Labute approximate surface area is 176 Å². The molecule has 0 aliphatic rings. The molecule has 0 fully saturated rings. The van der Waals surface area contributed by atoms with Crippen molar-refractivity contribution < 1.29 is 0 Å². The van der Waals surface area contributed by atoms with Crippen LogP contribution in [0.4, 0.5) is 22.3 Å². The van der Waals surface area contributed by atoms with Gasteiger partial charge < -0.3 is 16.0 Å². The van der Waals surface area contributed by atoms with Gasteiger partial charge in [-0.3, -0.25) is 0 Å². The van der Waals surface area contributed by atoms with E-state index in [0.29, 0.717) is 11.4 Å². The number of nitriles is 1. The van der Waals surface area contributed by atoms with Gasteiger partial charge >= 0.3 is 0 Å². The van der Waals surface area contributed by atoms with E-state index in [0.717, 1.165) is 37.6 Å². The highest BCUT2D eigenvalue weighted by molar-refractivity contribution is 7.23. The monoisotopic (exact) mass is 418 g/mol. The molecule has 4 aromatic rings. The minimum atomic E-state index is 0.461. The van der Waals surface area contributed by atoms with Gasteiger partial charge in [0.2, 0.25) is 0 Å². The van der Waals surface area contributed by atoms with Crippen LogP contribution in [0.3, 0.4) is 0 Å². The molecule has 6 nitrogen and oxygen atoms in total. The molecule has 0 radical (unpaired) electrons. The number of hydrogen-bond donors (Lipinski definition) is 2. The third kappa shape index (κ3) is 4.06. The summed E-state index contributed by atoms with van der Waals surface area (Å²) in [6, 6.07) is 17.6. The molecule has 0 atom stereocenters. The molecule has 0 spiro atoms. The number of anilines is 4. The van der Waals surface area contributed by atoms with Gasteiger partial charge in [-0.25, -0.2) is 9.97 Å². The lowest BCUT2D eigenvalue weighted by atomic mass is 10.1. The number of benzene rings is 2. The number of rotatable bonds is 5. The highest BCUT2D eigenvalue weighted by atomic mass is 32.1. The van der Waals surface area contributed by atoms with E-state index in [9.17, 15) is 0 Å². The van der Waals surface area contributed by atoms with Crippen LogP contribution in [0.5, 0.6) is 0 Å². The Bertz CT molecular complexity index is 1170. The third-order valence-corrected chi connectivity index (χ3v) is 6.28. The first-order chi connectivity index (χ1) is 14.0. The average Bonchev–Trinajstić information content (AvgIpc) is 3.35. The topological polar surface area (TPSA) is 90.9 Å². The summed E-state index contributed by atoms with van der Waals surface area (Å²) in [6.45, 7) is 0. The van der Waals surface area contributed by atoms with E-state index < -0.39 is 0 Å². The number of hydrogen-bond acceptors (Lipinski definition) is 8. The van der Waals surface area contributed by atoms with Gasteiger partial charge in [0.1, 0.15) is 15.7 Å². The summed E-state index contributed by atoms with van der Waals surface area (Å²) in [5.41, 5.74) is 10.7. The first-order valence-corrected chi connectivity index (χ1v) is 10.5. The normalized spacial score (nSPS) is 10.5. The van der Waals surface area contributed by atoms with Crippen molar-refractivity contribution in [1.29, 1.82) is 5.26 Å². The average molecular weight is 419 g/mol. The number of nitrogens with zero attached hydrogens (tertiary/aromatic N) is 4. The van der Waals surface area contributed by atoms with Crippen molar-refractivity contribution in [3.8, 4) is 27.2 Å². The predicted molar refractivity (Wildman–Crippen MR) is 122 cm³/mol. The highest BCUT2D eigenvalue weighted by Gasteiger charge is 2.15. The number of nitrogen functional groups attached to an aromatic ring is 1. The molecule has 2 aromatic carbocycles. The number of nitrogens with two attached hydrogens (primary N) is 1. The first kappa shape index (κ1) is 18.9. The zero-order valence-corrected chi connectivity index (χ0v) is 17.5. The molecule has 0 bridgehead atoms. The smallest absolute Gasteiger partial charge is 0.189 e. The highest BCUT2D eigenvalue weighted by Crippen LogP contribution is 2.39. The summed E-state index contributed by atoms with van der Waals surface area (Å²) < 4.78 is 0. The van der Waals surface area contributed by atoms with Crippen molar-refractivity contribution >= 4 is 45.0 Å². The summed E-state index contributed by atoms with van der Waals surface area (Å²) in [5.74, 6) is 0.461. The van der Waals surface area contributed by atoms with Gasteiger partial charge in [-0.1, -0.05) is 23.5 Å². The quantitative estimate of drug-likeness (QED) is 0.463. The van der Waals surface area contributed by atoms with Crippen molar-refractivity contribution in [1.82, 2.24) is 9.97 Å². The van der Waals surface area contributed by atoms with Gasteiger partial charge in [0, 0.05) is 36.4 Å². The van der Waals surface area contributed by atoms with Crippen LogP contribution in [0.25, 0.3) is 21.1 Å². The second-order valence-corrected chi connectivity index (χ2v) is 8.38. The lowest BCUT2D eigenvalue weighted by molar-refractivity contribution is 1.13. The summed E-state index contributed by atoms with van der Waals surface area (Å²) >= 11 is 3.01. The fourth-order valence-electron chi connectivity index (χ4n) is 2.73. The minimum absolute atomic E-state index is 0.461. The summed E-state index contributed by atoms with van der Waals surface area (Å²) in [7, 11) is 4.02. The molecule has 0 saturated carbocycles. The second kappa shape index (κ2) is 7.91. The molecule has 29 heavy (non-hydrogen) atoms. The van der Waals surface area contributed by atoms with Crippen molar-refractivity contribution in [3.05, 3.63) is 59.5 Å². The largest absolute Gasteiger partial charge is 0.382 e. The van der Waals surface area contributed by atoms with E-state index in [1.54, 1.807) is 12.1 Å². The maximum atomic E-state index is 8.94. The number of thiazole rings is 2. The van der Waals surface area contributed by atoms with Crippen LogP contribution in [0.15, 0.2) is 53.9 Å². The van der Waals surface area contributed by atoms with E-state index in [1.807, 2.05) is 55.9 Å². The lowest BCUT2D eigenvalue weighted by Gasteiger charge is -2.12. The molecule has 3 N–H and O–H groups in total. The van der Waals surface area contributed by atoms with E-state index in [1.165, 1.54) is 22.7 Å². The van der Waals surface area contributed by atoms with Crippen molar-refractivity contribution in [2.45, 2.75) is 0 Å². The maximum Gasteiger partial charge on any atom is 0.189 e. The molecule has 0 saturated heterocycles. The Morgan fingerprint density at radius 3 is 2.41 bits per heavy atom. The molecular formula is C21H18N6S2. The van der Waals surface area contributed by atoms with E-state index in [2.05, 4.69) is 21.3 Å². The molecule has 0 unspecified atom stereocenters. The van der Waals surface area contributed by atoms with Crippen LogP contribution in [0.2, 0.25) is 0 Å². The zero-order chi connectivity index (χ0) is 20.4. The number of nitrogens with one attached hydrogen (secondary N) is 1. The summed E-state index contributed by atoms with van der Waals surface area (Å²) in [4.78, 5) is 12.1. The Morgan fingerprint density at radius 1 is 1.03 bits per heavy atom. The maximum absolute atomic E-state index is 8.94. The molecule has 8 heteroatoms.